The van der Waals surface area contributed by atoms with Gasteiger partial charge in [-0.3, -0.25) is 9.78 Å². The number of nitrogens with zero attached hydrogens (tertiary/aromatic N) is 1. The molecule has 1 aromatic carbocycles. The first kappa shape index (κ1) is 14.7. The van der Waals surface area contributed by atoms with Crippen LogP contribution in [0.3, 0.4) is 0 Å². The first-order valence-corrected chi connectivity index (χ1v) is 8.12. The van der Waals surface area contributed by atoms with Crippen molar-refractivity contribution in [1.82, 2.24) is 15.3 Å². The Bertz CT molecular complexity index is 783. The fourth-order valence-corrected chi connectivity index (χ4v) is 3.37. The molecule has 0 spiro atoms. The second-order valence-corrected chi connectivity index (χ2v) is 6.07. The lowest BCUT2D eigenvalue weighted by molar-refractivity contribution is 0.0956. The Morgan fingerprint density at radius 2 is 2.00 bits per heavy atom. The fraction of sp³-hybridized carbons (Fsp3) is 0.176. The maximum atomic E-state index is 11.9. The lowest BCUT2D eigenvalue weighted by atomic mass is 10.2. The number of nitrogens with one attached hydrogen (secondary N) is 2. The highest BCUT2D eigenvalue weighted by Crippen LogP contribution is 2.30. The van der Waals surface area contributed by atoms with Crippen LogP contribution in [0.25, 0.3) is 10.9 Å². The average molecular weight is 311 g/mol. The molecule has 22 heavy (non-hydrogen) atoms. The molecule has 5 heteroatoms. The van der Waals surface area contributed by atoms with E-state index in [-0.39, 0.29) is 5.91 Å². The molecule has 0 saturated carbocycles. The van der Waals surface area contributed by atoms with Crippen molar-refractivity contribution >= 4 is 28.6 Å². The van der Waals surface area contributed by atoms with E-state index in [1.165, 1.54) is 16.0 Å². The SMILES string of the molecule is Cc1[nH]c2ccccc2c1SCCNC(=O)c1ccncc1. The van der Waals surface area contributed by atoms with Crippen LogP contribution in [-0.2, 0) is 0 Å². The van der Waals surface area contributed by atoms with Crippen LogP contribution in [0.2, 0.25) is 0 Å². The number of para-hydroxylation sites is 1. The minimum atomic E-state index is -0.0568. The van der Waals surface area contributed by atoms with Crippen LogP contribution in [0, 0.1) is 6.92 Å². The van der Waals surface area contributed by atoms with E-state index in [1.54, 1.807) is 36.3 Å². The van der Waals surface area contributed by atoms with Crippen molar-refractivity contribution in [3.8, 4) is 0 Å². The Kier molecular flexibility index (Phi) is 4.44. The van der Waals surface area contributed by atoms with Crippen LogP contribution in [0.1, 0.15) is 16.1 Å². The predicted molar refractivity (Wildman–Crippen MR) is 90.3 cm³/mol. The third kappa shape index (κ3) is 3.14. The van der Waals surface area contributed by atoms with Crippen LogP contribution < -0.4 is 5.32 Å². The number of amides is 1. The van der Waals surface area contributed by atoms with E-state index in [9.17, 15) is 4.79 Å². The Morgan fingerprint density at radius 1 is 1.23 bits per heavy atom. The second kappa shape index (κ2) is 6.66. The highest BCUT2D eigenvalue weighted by atomic mass is 32.2. The summed E-state index contributed by atoms with van der Waals surface area (Å²) >= 11 is 1.76. The van der Waals surface area contributed by atoms with E-state index in [4.69, 9.17) is 0 Å². The Morgan fingerprint density at radius 3 is 2.82 bits per heavy atom. The fourth-order valence-electron chi connectivity index (χ4n) is 2.36. The van der Waals surface area contributed by atoms with Crippen LogP contribution in [-0.4, -0.2) is 28.2 Å². The lowest BCUT2D eigenvalue weighted by Crippen LogP contribution is -2.25. The molecule has 0 unspecified atom stereocenters. The van der Waals surface area contributed by atoms with Gasteiger partial charge in [-0.25, -0.2) is 0 Å². The number of thioether (sulfide) groups is 1. The van der Waals surface area contributed by atoms with Gasteiger partial charge in [0.25, 0.3) is 5.91 Å². The predicted octanol–water partition coefficient (Wildman–Crippen LogP) is 3.39. The van der Waals surface area contributed by atoms with E-state index >= 15 is 0 Å². The van der Waals surface area contributed by atoms with E-state index in [2.05, 4.69) is 34.3 Å². The van der Waals surface area contributed by atoms with Crippen molar-refractivity contribution in [1.29, 1.82) is 0 Å². The molecule has 0 aliphatic rings. The number of pyridine rings is 1. The number of H-pyrrole nitrogens is 1. The van der Waals surface area contributed by atoms with Gasteiger partial charge in [0.1, 0.15) is 0 Å². The number of aromatic amines is 1. The van der Waals surface area contributed by atoms with E-state index in [1.807, 2.05) is 12.1 Å². The van der Waals surface area contributed by atoms with Gasteiger partial charge in [0.2, 0.25) is 0 Å². The van der Waals surface area contributed by atoms with E-state index < -0.39 is 0 Å². The number of rotatable bonds is 5. The number of hydrogen-bond donors (Lipinski definition) is 2. The molecule has 112 valence electrons. The summed E-state index contributed by atoms with van der Waals surface area (Å²) in [4.78, 5) is 20.5. The van der Waals surface area contributed by atoms with Gasteiger partial charge in [-0.15, -0.1) is 11.8 Å². The summed E-state index contributed by atoms with van der Waals surface area (Å²) in [5.41, 5.74) is 2.97. The molecule has 2 heterocycles. The maximum Gasteiger partial charge on any atom is 0.251 e. The second-order valence-electron chi connectivity index (χ2n) is 4.96. The zero-order valence-corrected chi connectivity index (χ0v) is 13.1. The van der Waals surface area contributed by atoms with Crippen LogP contribution in [0.15, 0.2) is 53.7 Å². The minimum absolute atomic E-state index is 0.0568. The quantitative estimate of drug-likeness (QED) is 0.561. The summed E-state index contributed by atoms with van der Waals surface area (Å²) < 4.78 is 0. The molecule has 0 fully saturated rings. The summed E-state index contributed by atoms with van der Waals surface area (Å²) in [6.07, 6.45) is 3.25. The molecule has 0 bridgehead atoms. The maximum absolute atomic E-state index is 11.9. The van der Waals surface area contributed by atoms with Gasteiger partial charge in [-0.05, 0) is 25.1 Å². The summed E-state index contributed by atoms with van der Waals surface area (Å²) in [6.45, 7) is 2.71. The molecule has 0 saturated heterocycles. The summed E-state index contributed by atoms with van der Waals surface area (Å²) in [5.74, 6) is 0.776. The molecule has 0 atom stereocenters. The Labute approximate surface area is 133 Å². The van der Waals surface area contributed by atoms with Gasteiger partial charge in [0, 0.05) is 51.7 Å². The lowest BCUT2D eigenvalue weighted by Gasteiger charge is -2.05. The molecule has 1 amide bonds. The smallest absolute Gasteiger partial charge is 0.251 e. The third-order valence-electron chi connectivity index (χ3n) is 3.41. The number of benzene rings is 1. The van der Waals surface area contributed by atoms with E-state index in [0.29, 0.717) is 12.1 Å². The molecular weight excluding hydrogens is 294 g/mol. The molecule has 0 radical (unpaired) electrons. The normalized spacial score (nSPS) is 10.8. The number of fused-ring (bicyclic) bond motifs is 1. The number of aryl methyl sites for hydroxylation is 1. The largest absolute Gasteiger partial charge is 0.358 e. The first-order valence-electron chi connectivity index (χ1n) is 7.14. The number of hydrogen-bond acceptors (Lipinski definition) is 3. The van der Waals surface area contributed by atoms with Gasteiger partial charge < -0.3 is 10.3 Å². The summed E-state index contributed by atoms with van der Waals surface area (Å²) in [5, 5.41) is 4.17. The molecular formula is C17H17N3OS. The van der Waals surface area contributed by atoms with Crippen molar-refractivity contribution in [2.75, 3.05) is 12.3 Å². The van der Waals surface area contributed by atoms with Crippen LogP contribution in [0.5, 0.6) is 0 Å². The topological polar surface area (TPSA) is 57.8 Å². The molecule has 0 aliphatic heterocycles. The zero-order chi connectivity index (χ0) is 15.4. The van der Waals surface area contributed by atoms with E-state index in [0.717, 1.165) is 11.3 Å². The third-order valence-corrected chi connectivity index (χ3v) is 4.63. The van der Waals surface area contributed by atoms with Gasteiger partial charge in [-0.1, -0.05) is 18.2 Å². The highest BCUT2D eigenvalue weighted by molar-refractivity contribution is 7.99. The van der Waals surface area contributed by atoms with Crippen LogP contribution >= 0.6 is 11.8 Å². The minimum Gasteiger partial charge on any atom is -0.358 e. The van der Waals surface area contributed by atoms with Gasteiger partial charge in [0.15, 0.2) is 0 Å². The monoisotopic (exact) mass is 311 g/mol. The van der Waals surface area contributed by atoms with Crippen molar-refractivity contribution in [3.05, 3.63) is 60.0 Å². The van der Waals surface area contributed by atoms with Crippen molar-refractivity contribution in [3.63, 3.8) is 0 Å². The first-order chi connectivity index (χ1) is 10.8. The molecule has 2 N–H and O–H groups in total. The number of aromatic nitrogens is 2. The average Bonchev–Trinajstić information content (AvgIpc) is 2.88. The summed E-state index contributed by atoms with van der Waals surface area (Å²) in [7, 11) is 0. The van der Waals surface area contributed by atoms with Gasteiger partial charge >= 0.3 is 0 Å². The van der Waals surface area contributed by atoms with Crippen LogP contribution in [0.4, 0.5) is 0 Å². The Hall–Kier alpha value is -2.27. The Balaban J connectivity index is 1.57. The zero-order valence-electron chi connectivity index (χ0n) is 12.3. The number of carbonyl (C=O) groups is 1. The van der Waals surface area contributed by atoms with Crippen molar-refractivity contribution in [2.45, 2.75) is 11.8 Å². The molecule has 0 aliphatic carbocycles. The number of carbonyl (C=O) groups excluding carboxylic acids is 1. The van der Waals surface area contributed by atoms with Gasteiger partial charge in [-0.2, -0.15) is 0 Å². The molecule has 4 nitrogen and oxygen atoms in total. The molecule has 2 aromatic heterocycles. The summed E-state index contributed by atoms with van der Waals surface area (Å²) in [6, 6.07) is 11.7. The van der Waals surface area contributed by atoms with Crippen molar-refractivity contribution < 1.29 is 4.79 Å². The standard InChI is InChI=1S/C17H17N3OS/c1-12-16(14-4-2-3-5-15(14)20-12)22-11-10-19-17(21)13-6-8-18-9-7-13/h2-9,20H,10-11H2,1H3,(H,19,21). The van der Waals surface area contributed by atoms with Gasteiger partial charge in [0.05, 0.1) is 0 Å². The molecule has 3 rings (SSSR count). The highest BCUT2D eigenvalue weighted by Gasteiger charge is 2.09. The molecule has 3 aromatic rings. The van der Waals surface area contributed by atoms with Crippen molar-refractivity contribution in [2.24, 2.45) is 0 Å².